The molecule has 0 aromatic carbocycles. The number of aliphatic hydroxyl groups is 1. The lowest BCUT2D eigenvalue weighted by atomic mass is 10.1. The largest absolute Gasteiger partial charge is 0.392 e. The van der Waals surface area contributed by atoms with Crippen molar-refractivity contribution in [2.45, 2.75) is 25.5 Å². The molecule has 1 unspecified atom stereocenters. The molecule has 1 aromatic heterocycles. The summed E-state index contributed by atoms with van der Waals surface area (Å²) in [5.41, 5.74) is 1.27. The molecule has 1 atom stereocenters. The third kappa shape index (κ3) is 2.53. The van der Waals surface area contributed by atoms with Gasteiger partial charge in [-0.25, -0.2) is 0 Å². The van der Waals surface area contributed by atoms with E-state index in [1.54, 1.807) is 0 Å². The Balaban J connectivity index is 1.91. The van der Waals surface area contributed by atoms with Gasteiger partial charge in [-0.3, -0.25) is 9.88 Å². The van der Waals surface area contributed by atoms with Crippen molar-refractivity contribution in [3.8, 4) is 0 Å². The summed E-state index contributed by atoms with van der Waals surface area (Å²) in [6.45, 7) is 2.83. The van der Waals surface area contributed by atoms with Crippen LogP contribution in [0, 0.1) is 0 Å². The standard InChI is InChI=1S/C11H16N2O/c14-11-2-1-7-13(9-11)8-10-3-5-12-6-4-10/h3-6,11,14H,1-2,7-9H2. The van der Waals surface area contributed by atoms with Gasteiger partial charge < -0.3 is 5.11 Å². The second-order valence-electron chi connectivity index (χ2n) is 3.89. The summed E-state index contributed by atoms with van der Waals surface area (Å²) in [4.78, 5) is 6.28. The monoisotopic (exact) mass is 192 g/mol. The number of aliphatic hydroxyl groups excluding tert-OH is 1. The molecule has 1 saturated heterocycles. The summed E-state index contributed by atoms with van der Waals surface area (Å²) < 4.78 is 0. The van der Waals surface area contributed by atoms with Crippen molar-refractivity contribution in [1.29, 1.82) is 0 Å². The van der Waals surface area contributed by atoms with Gasteiger partial charge >= 0.3 is 0 Å². The molecule has 0 amide bonds. The Morgan fingerprint density at radius 2 is 2.21 bits per heavy atom. The van der Waals surface area contributed by atoms with Crippen LogP contribution in [0.5, 0.6) is 0 Å². The maximum absolute atomic E-state index is 9.50. The number of rotatable bonds is 2. The topological polar surface area (TPSA) is 36.4 Å². The highest BCUT2D eigenvalue weighted by Gasteiger charge is 2.17. The molecule has 2 heterocycles. The molecule has 76 valence electrons. The van der Waals surface area contributed by atoms with Gasteiger partial charge in [-0.05, 0) is 37.1 Å². The van der Waals surface area contributed by atoms with Crippen LogP contribution in [0.3, 0.4) is 0 Å². The van der Waals surface area contributed by atoms with Gasteiger partial charge in [0, 0.05) is 25.5 Å². The number of nitrogens with zero attached hydrogens (tertiary/aromatic N) is 2. The number of hydrogen-bond acceptors (Lipinski definition) is 3. The fraction of sp³-hybridized carbons (Fsp3) is 0.545. The zero-order chi connectivity index (χ0) is 9.80. The Morgan fingerprint density at radius 1 is 1.43 bits per heavy atom. The van der Waals surface area contributed by atoms with Crippen LogP contribution in [0.4, 0.5) is 0 Å². The van der Waals surface area contributed by atoms with Crippen LogP contribution in [-0.4, -0.2) is 34.2 Å². The highest BCUT2D eigenvalue weighted by molar-refractivity contribution is 5.09. The quantitative estimate of drug-likeness (QED) is 0.760. The van der Waals surface area contributed by atoms with E-state index in [1.807, 2.05) is 24.5 Å². The lowest BCUT2D eigenvalue weighted by Gasteiger charge is -2.29. The van der Waals surface area contributed by atoms with Gasteiger partial charge in [0.15, 0.2) is 0 Å². The van der Waals surface area contributed by atoms with Gasteiger partial charge in [0.05, 0.1) is 6.10 Å². The number of likely N-dealkylation sites (tertiary alicyclic amines) is 1. The van der Waals surface area contributed by atoms with Crippen LogP contribution in [0.1, 0.15) is 18.4 Å². The maximum Gasteiger partial charge on any atom is 0.0667 e. The van der Waals surface area contributed by atoms with Crippen LogP contribution < -0.4 is 0 Å². The van der Waals surface area contributed by atoms with Crippen molar-refractivity contribution < 1.29 is 5.11 Å². The smallest absolute Gasteiger partial charge is 0.0667 e. The van der Waals surface area contributed by atoms with Gasteiger partial charge in [0.25, 0.3) is 0 Å². The maximum atomic E-state index is 9.50. The summed E-state index contributed by atoms with van der Waals surface area (Å²) in [5, 5.41) is 9.50. The number of pyridine rings is 1. The molecule has 1 N–H and O–H groups in total. The molecule has 0 radical (unpaired) electrons. The van der Waals surface area contributed by atoms with Crippen LogP contribution in [0.15, 0.2) is 24.5 Å². The minimum atomic E-state index is -0.134. The van der Waals surface area contributed by atoms with Gasteiger partial charge in [0.2, 0.25) is 0 Å². The third-order valence-electron chi connectivity index (χ3n) is 2.64. The fourth-order valence-corrected chi connectivity index (χ4v) is 1.92. The first-order valence-electron chi connectivity index (χ1n) is 5.14. The summed E-state index contributed by atoms with van der Waals surface area (Å²) in [6, 6.07) is 4.06. The van der Waals surface area contributed by atoms with E-state index in [2.05, 4.69) is 9.88 Å². The normalized spacial score (nSPS) is 23.6. The molecule has 0 saturated carbocycles. The van der Waals surface area contributed by atoms with Crippen LogP contribution in [-0.2, 0) is 6.54 Å². The average Bonchev–Trinajstić information content (AvgIpc) is 2.19. The number of hydrogen-bond donors (Lipinski definition) is 1. The van der Waals surface area contributed by atoms with Gasteiger partial charge in [-0.15, -0.1) is 0 Å². The predicted octanol–water partition coefficient (Wildman–Crippen LogP) is 1.04. The van der Waals surface area contributed by atoms with Crippen LogP contribution >= 0.6 is 0 Å². The molecule has 0 bridgehead atoms. The van der Waals surface area contributed by atoms with E-state index in [-0.39, 0.29) is 6.10 Å². The molecule has 1 aliphatic rings. The Kier molecular flexibility index (Phi) is 3.11. The summed E-state index contributed by atoms with van der Waals surface area (Å²) >= 11 is 0. The molecule has 3 heteroatoms. The molecule has 0 spiro atoms. The highest BCUT2D eigenvalue weighted by atomic mass is 16.3. The van der Waals surface area contributed by atoms with E-state index in [0.717, 1.165) is 32.5 Å². The number of aromatic nitrogens is 1. The van der Waals surface area contributed by atoms with Gasteiger partial charge in [0.1, 0.15) is 0 Å². The van der Waals surface area contributed by atoms with E-state index >= 15 is 0 Å². The zero-order valence-corrected chi connectivity index (χ0v) is 8.26. The zero-order valence-electron chi connectivity index (χ0n) is 8.26. The minimum absolute atomic E-state index is 0.134. The van der Waals surface area contributed by atoms with Crippen molar-refractivity contribution in [3.05, 3.63) is 30.1 Å². The third-order valence-corrected chi connectivity index (χ3v) is 2.64. The van der Waals surface area contributed by atoms with Gasteiger partial charge in [-0.2, -0.15) is 0 Å². The lowest BCUT2D eigenvalue weighted by Crippen LogP contribution is -2.37. The molecule has 1 fully saturated rings. The first kappa shape index (κ1) is 9.62. The lowest BCUT2D eigenvalue weighted by molar-refractivity contribution is 0.0668. The van der Waals surface area contributed by atoms with E-state index in [9.17, 15) is 5.11 Å². The Hall–Kier alpha value is -0.930. The summed E-state index contributed by atoms with van der Waals surface area (Å²) in [7, 11) is 0. The first-order chi connectivity index (χ1) is 6.84. The van der Waals surface area contributed by atoms with E-state index in [1.165, 1.54) is 5.56 Å². The Bertz CT molecular complexity index is 276. The first-order valence-corrected chi connectivity index (χ1v) is 5.14. The van der Waals surface area contributed by atoms with E-state index in [4.69, 9.17) is 0 Å². The number of piperidine rings is 1. The molecular formula is C11H16N2O. The second-order valence-corrected chi connectivity index (χ2v) is 3.89. The van der Waals surface area contributed by atoms with Crippen molar-refractivity contribution >= 4 is 0 Å². The van der Waals surface area contributed by atoms with E-state index in [0.29, 0.717) is 0 Å². The Morgan fingerprint density at radius 3 is 2.93 bits per heavy atom. The van der Waals surface area contributed by atoms with Crippen molar-refractivity contribution in [1.82, 2.24) is 9.88 Å². The van der Waals surface area contributed by atoms with Crippen LogP contribution in [0.2, 0.25) is 0 Å². The van der Waals surface area contributed by atoms with Gasteiger partial charge in [-0.1, -0.05) is 0 Å². The van der Waals surface area contributed by atoms with Crippen molar-refractivity contribution in [2.75, 3.05) is 13.1 Å². The molecule has 1 aromatic rings. The van der Waals surface area contributed by atoms with Crippen molar-refractivity contribution in [3.63, 3.8) is 0 Å². The summed E-state index contributed by atoms with van der Waals surface area (Å²) in [5.74, 6) is 0. The minimum Gasteiger partial charge on any atom is -0.392 e. The molecule has 3 nitrogen and oxygen atoms in total. The SMILES string of the molecule is OC1CCCN(Cc2ccncc2)C1. The molecule has 2 rings (SSSR count). The highest BCUT2D eigenvalue weighted by Crippen LogP contribution is 2.12. The number of β-amino-alcohol motifs (C(OH)–C–C–N with tert-alkyl or cyclic N) is 1. The van der Waals surface area contributed by atoms with Crippen LogP contribution in [0.25, 0.3) is 0 Å². The fourth-order valence-electron chi connectivity index (χ4n) is 1.92. The Labute approximate surface area is 84.4 Å². The molecule has 14 heavy (non-hydrogen) atoms. The predicted molar refractivity (Wildman–Crippen MR) is 54.8 cm³/mol. The molecule has 0 aliphatic carbocycles. The molecule has 1 aliphatic heterocycles. The molecular weight excluding hydrogens is 176 g/mol. The van der Waals surface area contributed by atoms with E-state index < -0.39 is 0 Å². The second kappa shape index (κ2) is 4.53. The average molecular weight is 192 g/mol. The van der Waals surface area contributed by atoms with Crippen molar-refractivity contribution in [2.24, 2.45) is 0 Å². The summed E-state index contributed by atoms with van der Waals surface area (Å²) in [6.07, 6.45) is 5.55.